The third-order valence-corrected chi connectivity index (χ3v) is 5.96. The van der Waals surface area contributed by atoms with Gasteiger partial charge in [0.2, 0.25) is 0 Å². The molecule has 0 atom stereocenters. The molecule has 0 saturated carbocycles. The average molecular weight is 406 g/mol. The van der Waals surface area contributed by atoms with Crippen molar-refractivity contribution in [2.24, 2.45) is 0 Å². The van der Waals surface area contributed by atoms with Crippen molar-refractivity contribution in [1.82, 2.24) is 15.5 Å². The summed E-state index contributed by atoms with van der Waals surface area (Å²) < 4.78 is 0. The predicted octanol–water partition coefficient (Wildman–Crippen LogP) is 3.03. The van der Waals surface area contributed by atoms with Gasteiger partial charge >= 0.3 is 0 Å². The molecule has 0 spiro atoms. The molecule has 2 N–H and O–H groups in total. The highest BCUT2D eigenvalue weighted by Crippen LogP contribution is 2.37. The zero-order valence-corrected chi connectivity index (χ0v) is 17.5. The van der Waals surface area contributed by atoms with E-state index in [1.54, 1.807) is 11.8 Å². The van der Waals surface area contributed by atoms with Crippen LogP contribution >= 0.6 is 11.8 Å². The number of carbonyl (C=O) groups excluding carboxylic acids is 2. The molecule has 4 rings (SSSR count). The Morgan fingerprint density at radius 3 is 1.76 bits per heavy atom. The number of carbonyl (C=O) groups is 2. The molecule has 5 nitrogen and oxygen atoms in total. The molecule has 0 bridgehead atoms. The lowest BCUT2D eigenvalue weighted by Gasteiger charge is -2.10. The van der Waals surface area contributed by atoms with E-state index in [4.69, 9.17) is 0 Å². The predicted molar refractivity (Wildman–Crippen MR) is 117 cm³/mol. The number of thioether (sulfide) groups is 1. The summed E-state index contributed by atoms with van der Waals surface area (Å²) in [5.74, 6) is 0.522. The SMILES string of the molecule is Cc1ccc(C2=C3C(=O)NC(c4ccc(SCCN(C)C)cc4)=C3C(=O)N2)cc1. The van der Waals surface area contributed by atoms with Gasteiger partial charge in [-0.1, -0.05) is 42.0 Å². The second kappa shape index (κ2) is 7.89. The quantitative estimate of drug-likeness (QED) is 0.726. The maximum Gasteiger partial charge on any atom is 0.258 e. The fourth-order valence-electron chi connectivity index (χ4n) is 3.40. The Hall–Kier alpha value is -2.83. The summed E-state index contributed by atoms with van der Waals surface area (Å²) in [7, 11) is 4.12. The van der Waals surface area contributed by atoms with Crippen LogP contribution in [0.3, 0.4) is 0 Å². The van der Waals surface area contributed by atoms with Crippen LogP contribution in [0.15, 0.2) is 64.6 Å². The summed E-state index contributed by atoms with van der Waals surface area (Å²) >= 11 is 1.79. The van der Waals surface area contributed by atoms with Crippen molar-refractivity contribution >= 4 is 35.0 Å². The number of rotatable bonds is 6. The standard InChI is InChI=1S/C23H23N3O2S/c1-14-4-6-15(7-5-14)20-18-19(23(28)24-20)21(25-22(18)27)16-8-10-17(11-9-16)29-13-12-26(2)3/h4-11H,12-13H2,1-3H3,(H,24,28)(H,25,27). The van der Waals surface area contributed by atoms with Gasteiger partial charge < -0.3 is 15.5 Å². The molecule has 6 heteroatoms. The van der Waals surface area contributed by atoms with Crippen molar-refractivity contribution in [1.29, 1.82) is 0 Å². The molecule has 0 radical (unpaired) electrons. The smallest absolute Gasteiger partial charge is 0.258 e. The van der Waals surface area contributed by atoms with Crippen LogP contribution in [0.1, 0.15) is 16.7 Å². The Kier molecular flexibility index (Phi) is 5.30. The van der Waals surface area contributed by atoms with Gasteiger partial charge in [0, 0.05) is 17.2 Å². The topological polar surface area (TPSA) is 61.4 Å². The summed E-state index contributed by atoms with van der Waals surface area (Å²) in [4.78, 5) is 28.7. The van der Waals surface area contributed by atoms with Crippen molar-refractivity contribution in [3.8, 4) is 0 Å². The number of fused-ring (bicyclic) bond motifs is 1. The van der Waals surface area contributed by atoms with Gasteiger partial charge in [-0.2, -0.15) is 0 Å². The lowest BCUT2D eigenvalue weighted by atomic mass is 10.0. The van der Waals surface area contributed by atoms with Gasteiger partial charge in [0.15, 0.2) is 0 Å². The van der Waals surface area contributed by atoms with Gasteiger partial charge in [-0.25, -0.2) is 0 Å². The molecule has 0 fully saturated rings. The van der Waals surface area contributed by atoms with Crippen LogP contribution in [0.5, 0.6) is 0 Å². The van der Waals surface area contributed by atoms with Crippen LogP contribution in [0, 0.1) is 6.92 Å². The van der Waals surface area contributed by atoms with E-state index in [0.29, 0.717) is 22.5 Å². The molecule has 0 aliphatic carbocycles. The van der Waals surface area contributed by atoms with E-state index in [1.165, 1.54) is 0 Å². The maximum atomic E-state index is 12.7. The second-order valence-corrected chi connectivity index (χ2v) is 8.62. The molecule has 29 heavy (non-hydrogen) atoms. The van der Waals surface area contributed by atoms with Gasteiger partial charge in [-0.05, 0) is 44.3 Å². The third kappa shape index (κ3) is 3.86. The molecule has 0 unspecified atom stereocenters. The second-order valence-electron chi connectivity index (χ2n) is 7.45. The highest BCUT2D eigenvalue weighted by Gasteiger charge is 2.40. The normalized spacial score (nSPS) is 15.9. The number of hydrogen-bond donors (Lipinski definition) is 2. The lowest BCUT2D eigenvalue weighted by Crippen LogP contribution is -2.21. The van der Waals surface area contributed by atoms with E-state index in [9.17, 15) is 9.59 Å². The highest BCUT2D eigenvalue weighted by molar-refractivity contribution is 7.99. The van der Waals surface area contributed by atoms with Crippen LogP contribution in [0.25, 0.3) is 11.4 Å². The Labute approximate surface area is 174 Å². The molecule has 0 saturated heterocycles. The van der Waals surface area contributed by atoms with Gasteiger partial charge in [0.25, 0.3) is 11.8 Å². The summed E-state index contributed by atoms with van der Waals surface area (Å²) in [5.41, 5.74) is 4.80. The number of amides is 2. The van der Waals surface area contributed by atoms with E-state index in [-0.39, 0.29) is 11.8 Å². The number of nitrogens with one attached hydrogen (secondary N) is 2. The van der Waals surface area contributed by atoms with E-state index >= 15 is 0 Å². The third-order valence-electron chi connectivity index (χ3n) is 4.97. The largest absolute Gasteiger partial charge is 0.321 e. The number of hydrogen-bond acceptors (Lipinski definition) is 4. The van der Waals surface area contributed by atoms with E-state index in [1.807, 2.05) is 55.5 Å². The first-order valence-electron chi connectivity index (χ1n) is 9.50. The number of aryl methyl sites for hydroxylation is 1. The number of benzene rings is 2. The summed E-state index contributed by atoms with van der Waals surface area (Å²) in [6.45, 7) is 3.01. The van der Waals surface area contributed by atoms with Crippen LogP contribution in [-0.2, 0) is 9.59 Å². The average Bonchev–Trinajstić information content (AvgIpc) is 3.21. The Bertz CT molecular complexity index is 1030. The first-order chi connectivity index (χ1) is 13.9. The van der Waals surface area contributed by atoms with Crippen LogP contribution in [0.4, 0.5) is 0 Å². The monoisotopic (exact) mass is 405 g/mol. The molecular weight excluding hydrogens is 382 g/mol. The first kappa shape index (κ1) is 19.5. The van der Waals surface area contributed by atoms with Gasteiger partial charge in [-0.15, -0.1) is 11.8 Å². The minimum absolute atomic E-state index is 0.242. The molecule has 0 aromatic heterocycles. The summed E-state index contributed by atoms with van der Waals surface area (Å²) in [6, 6.07) is 15.8. The van der Waals surface area contributed by atoms with Crippen molar-refractivity contribution in [3.63, 3.8) is 0 Å². The minimum Gasteiger partial charge on any atom is -0.321 e. The molecule has 2 aliphatic rings. The summed E-state index contributed by atoms with van der Waals surface area (Å²) in [5, 5.41) is 5.78. The molecule has 2 amide bonds. The van der Waals surface area contributed by atoms with Crippen molar-refractivity contribution in [3.05, 3.63) is 76.4 Å². The molecule has 2 heterocycles. The van der Waals surface area contributed by atoms with Crippen molar-refractivity contribution in [2.75, 3.05) is 26.4 Å². The van der Waals surface area contributed by atoms with Gasteiger partial charge in [-0.3, -0.25) is 9.59 Å². The first-order valence-corrected chi connectivity index (χ1v) is 10.5. The molecule has 2 aromatic rings. The van der Waals surface area contributed by atoms with Crippen LogP contribution < -0.4 is 10.6 Å². The highest BCUT2D eigenvalue weighted by atomic mass is 32.2. The molecular formula is C23H23N3O2S. The molecule has 2 aliphatic heterocycles. The van der Waals surface area contributed by atoms with E-state index < -0.39 is 0 Å². The maximum absolute atomic E-state index is 12.7. The van der Waals surface area contributed by atoms with E-state index in [0.717, 1.165) is 33.9 Å². The fourth-order valence-corrected chi connectivity index (χ4v) is 4.42. The minimum atomic E-state index is -0.242. The van der Waals surface area contributed by atoms with Crippen molar-refractivity contribution in [2.45, 2.75) is 11.8 Å². The fraction of sp³-hybridized carbons (Fsp3) is 0.217. The van der Waals surface area contributed by atoms with Crippen molar-refractivity contribution < 1.29 is 9.59 Å². The number of nitrogens with zero attached hydrogens (tertiary/aromatic N) is 1. The summed E-state index contributed by atoms with van der Waals surface area (Å²) in [6.07, 6.45) is 0. The van der Waals surface area contributed by atoms with E-state index in [2.05, 4.69) is 29.6 Å². The molecule has 2 aromatic carbocycles. The Balaban J connectivity index is 1.65. The zero-order chi connectivity index (χ0) is 20.5. The van der Waals surface area contributed by atoms with Crippen LogP contribution in [0.2, 0.25) is 0 Å². The Morgan fingerprint density at radius 2 is 1.28 bits per heavy atom. The van der Waals surface area contributed by atoms with Crippen LogP contribution in [-0.4, -0.2) is 43.1 Å². The van der Waals surface area contributed by atoms with Gasteiger partial charge in [0.1, 0.15) is 0 Å². The molecule has 148 valence electrons. The Morgan fingerprint density at radius 1 is 0.793 bits per heavy atom. The van der Waals surface area contributed by atoms with Gasteiger partial charge in [0.05, 0.1) is 22.5 Å². The lowest BCUT2D eigenvalue weighted by molar-refractivity contribution is -0.117. The zero-order valence-electron chi connectivity index (χ0n) is 16.7.